The molecule has 0 aromatic carbocycles. The first kappa shape index (κ1) is 15.5. The maximum Gasteiger partial charge on any atom is 0.263 e. The molecule has 120 valence electrons. The lowest BCUT2D eigenvalue weighted by Gasteiger charge is -2.33. The highest BCUT2D eigenvalue weighted by Gasteiger charge is 2.29. The average molecular weight is 321 g/mol. The standard InChI is InChI=1S/C16H23N3O2S/c20-15(17-19-8-2-1-3-9-19)13-6-10-18(11-7-13)16(21)14-5-4-12-22-14/h4-5,12-13H,1-3,6-11H2,(H,17,20). The van der Waals surface area contributed by atoms with Gasteiger partial charge in [0.25, 0.3) is 5.91 Å². The maximum atomic E-state index is 12.3. The highest BCUT2D eigenvalue weighted by Crippen LogP contribution is 2.21. The van der Waals surface area contributed by atoms with Crippen molar-refractivity contribution in [3.8, 4) is 0 Å². The molecule has 0 atom stereocenters. The van der Waals surface area contributed by atoms with E-state index in [1.54, 1.807) is 0 Å². The van der Waals surface area contributed by atoms with Crippen LogP contribution in [0.4, 0.5) is 0 Å². The number of carbonyl (C=O) groups is 2. The van der Waals surface area contributed by atoms with E-state index in [1.807, 2.05) is 22.4 Å². The van der Waals surface area contributed by atoms with E-state index in [4.69, 9.17) is 0 Å². The van der Waals surface area contributed by atoms with Crippen LogP contribution in [0.5, 0.6) is 0 Å². The zero-order chi connectivity index (χ0) is 15.4. The molecule has 22 heavy (non-hydrogen) atoms. The first-order valence-corrected chi connectivity index (χ1v) is 9.00. The lowest BCUT2D eigenvalue weighted by atomic mass is 9.96. The number of hydrazine groups is 1. The molecule has 3 rings (SSSR count). The fourth-order valence-corrected chi connectivity index (χ4v) is 3.84. The van der Waals surface area contributed by atoms with Crippen LogP contribution in [-0.4, -0.2) is 47.9 Å². The molecule has 1 aromatic heterocycles. The molecule has 2 saturated heterocycles. The summed E-state index contributed by atoms with van der Waals surface area (Å²) in [4.78, 5) is 27.3. The van der Waals surface area contributed by atoms with Crippen LogP contribution in [0.3, 0.4) is 0 Å². The van der Waals surface area contributed by atoms with Crippen LogP contribution in [0.25, 0.3) is 0 Å². The number of nitrogens with one attached hydrogen (secondary N) is 1. The molecule has 2 amide bonds. The highest BCUT2D eigenvalue weighted by atomic mass is 32.1. The molecule has 0 spiro atoms. The second kappa shape index (κ2) is 7.24. The molecule has 1 N–H and O–H groups in total. The third-order valence-corrected chi connectivity index (χ3v) is 5.37. The number of nitrogens with zero attached hydrogens (tertiary/aromatic N) is 2. The van der Waals surface area contributed by atoms with Gasteiger partial charge in [-0.25, -0.2) is 5.01 Å². The second-order valence-corrected chi connectivity index (χ2v) is 7.02. The monoisotopic (exact) mass is 321 g/mol. The predicted molar refractivity (Wildman–Crippen MR) is 86.5 cm³/mol. The van der Waals surface area contributed by atoms with E-state index >= 15 is 0 Å². The van der Waals surface area contributed by atoms with E-state index in [0.717, 1.165) is 43.6 Å². The van der Waals surface area contributed by atoms with Gasteiger partial charge in [-0.3, -0.25) is 15.0 Å². The van der Waals surface area contributed by atoms with Crippen molar-refractivity contribution in [2.24, 2.45) is 5.92 Å². The molecule has 0 aliphatic carbocycles. The molecule has 5 nitrogen and oxygen atoms in total. The van der Waals surface area contributed by atoms with Gasteiger partial charge in [-0.15, -0.1) is 11.3 Å². The molecular weight excluding hydrogens is 298 g/mol. The van der Waals surface area contributed by atoms with Crippen LogP contribution in [0.2, 0.25) is 0 Å². The van der Waals surface area contributed by atoms with Gasteiger partial charge in [-0.05, 0) is 37.1 Å². The Morgan fingerprint density at radius 3 is 2.45 bits per heavy atom. The Labute approximate surface area is 135 Å². The van der Waals surface area contributed by atoms with Gasteiger partial charge in [0, 0.05) is 32.1 Å². The summed E-state index contributed by atoms with van der Waals surface area (Å²) in [6.45, 7) is 3.27. The van der Waals surface area contributed by atoms with Gasteiger partial charge < -0.3 is 4.90 Å². The predicted octanol–water partition coefficient (Wildman–Crippen LogP) is 2.12. The van der Waals surface area contributed by atoms with Gasteiger partial charge in [-0.1, -0.05) is 12.5 Å². The molecule has 0 bridgehead atoms. The van der Waals surface area contributed by atoms with E-state index in [1.165, 1.54) is 17.8 Å². The zero-order valence-corrected chi connectivity index (χ0v) is 13.6. The quantitative estimate of drug-likeness (QED) is 0.928. The molecule has 0 unspecified atom stereocenters. The second-order valence-electron chi connectivity index (χ2n) is 6.07. The molecule has 6 heteroatoms. The summed E-state index contributed by atoms with van der Waals surface area (Å²) in [6, 6.07) is 3.76. The Hall–Kier alpha value is -1.40. The largest absolute Gasteiger partial charge is 0.338 e. The summed E-state index contributed by atoms with van der Waals surface area (Å²) >= 11 is 1.48. The number of carbonyl (C=O) groups excluding carboxylic acids is 2. The molecular formula is C16H23N3O2S. The van der Waals surface area contributed by atoms with Crippen molar-refractivity contribution in [1.82, 2.24) is 15.3 Å². The van der Waals surface area contributed by atoms with Gasteiger partial charge in [0.1, 0.15) is 0 Å². The minimum Gasteiger partial charge on any atom is -0.338 e. The molecule has 2 aliphatic rings. The summed E-state index contributed by atoms with van der Waals surface area (Å²) in [6.07, 6.45) is 5.10. The van der Waals surface area contributed by atoms with Crippen LogP contribution in [0, 0.1) is 5.92 Å². The molecule has 2 aliphatic heterocycles. The van der Waals surface area contributed by atoms with Crippen molar-refractivity contribution in [3.63, 3.8) is 0 Å². The summed E-state index contributed by atoms with van der Waals surface area (Å²) in [5.41, 5.74) is 3.05. The molecule has 0 saturated carbocycles. The summed E-state index contributed by atoms with van der Waals surface area (Å²) < 4.78 is 0. The van der Waals surface area contributed by atoms with Gasteiger partial charge in [0.2, 0.25) is 5.91 Å². The number of rotatable bonds is 3. The van der Waals surface area contributed by atoms with Gasteiger partial charge in [0.05, 0.1) is 4.88 Å². The van der Waals surface area contributed by atoms with Crippen LogP contribution < -0.4 is 5.43 Å². The van der Waals surface area contributed by atoms with E-state index in [9.17, 15) is 9.59 Å². The molecule has 3 heterocycles. The van der Waals surface area contributed by atoms with Gasteiger partial charge in [-0.2, -0.15) is 0 Å². The summed E-state index contributed by atoms with van der Waals surface area (Å²) in [5, 5.41) is 3.97. The number of thiophene rings is 1. The SMILES string of the molecule is O=C(NN1CCCCC1)C1CCN(C(=O)c2cccs2)CC1. The van der Waals surface area contributed by atoms with E-state index in [-0.39, 0.29) is 17.7 Å². The fourth-order valence-electron chi connectivity index (χ4n) is 3.15. The number of amides is 2. The maximum absolute atomic E-state index is 12.3. The van der Waals surface area contributed by atoms with E-state index in [2.05, 4.69) is 10.4 Å². The fraction of sp³-hybridized carbons (Fsp3) is 0.625. The lowest BCUT2D eigenvalue weighted by molar-refractivity contribution is -0.131. The zero-order valence-electron chi connectivity index (χ0n) is 12.8. The van der Waals surface area contributed by atoms with Crippen molar-refractivity contribution >= 4 is 23.2 Å². The Morgan fingerprint density at radius 2 is 1.82 bits per heavy atom. The van der Waals surface area contributed by atoms with Crippen LogP contribution >= 0.6 is 11.3 Å². The van der Waals surface area contributed by atoms with Crippen molar-refractivity contribution < 1.29 is 9.59 Å². The van der Waals surface area contributed by atoms with Crippen LogP contribution in [0.15, 0.2) is 17.5 Å². The third-order valence-electron chi connectivity index (χ3n) is 4.51. The van der Waals surface area contributed by atoms with Gasteiger partial charge >= 0.3 is 0 Å². The topological polar surface area (TPSA) is 52.7 Å². The van der Waals surface area contributed by atoms with Crippen molar-refractivity contribution in [1.29, 1.82) is 0 Å². The van der Waals surface area contributed by atoms with Crippen molar-refractivity contribution in [2.75, 3.05) is 26.2 Å². The van der Waals surface area contributed by atoms with Crippen molar-refractivity contribution in [3.05, 3.63) is 22.4 Å². The smallest absolute Gasteiger partial charge is 0.263 e. The van der Waals surface area contributed by atoms with E-state index < -0.39 is 0 Å². The molecule has 1 aromatic rings. The van der Waals surface area contributed by atoms with Gasteiger partial charge in [0.15, 0.2) is 0 Å². The Bertz CT molecular complexity index is 503. The van der Waals surface area contributed by atoms with Crippen LogP contribution in [0.1, 0.15) is 41.8 Å². The minimum absolute atomic E-state index is 0.0364. The normalized spacial score (nSPS) is 20.8. The summed E-state index contributed by atoms with van der Waals surface area (Å²) in [7, 11) is 0. The first-order chi connectivity index (χ1) is 10.7. The first-order valence-electron chi connectivity index (χ1n) is 8.12. The average Bonchev–Trinajstić information content (AvgIpc) is 3.10. The minimum atomic E-state index is 0.0364. The lowest BCUT2D eigenvalue weighted by Crippen LogP contribution is -2.49. The van der Waals surface area contributed by atoms with Crippen LogP contribution in [-0.2, 0) is 4.79 Å². The summed E-state index contributed by atoms with van der Waals surface area (Å²) in [5.74, 6) is 0.268. The Balaban J connectivity index is 1.46. The Kier molecular flexibility index (Phi) is 5.10. The van der Waals surface area contributed by atoms with Crippen molar-refractivity contribution in [2.45, 2.75) is 32.1 Å². The number of piperidine rings is 2. The number of hydrogen-bond donors (Lipinski definition) is 1. The Morgan fingerprint density at radius 1 is 1.09 bits per heavy atom. The number of hydrogen-bond acceptors (Lipinski definition) is 4. The molecule has 0 radical (unpaired) electrons. The highest BCUT2D eigenvalue weighted by molar-refractivity contribution is 7.12. The number of likely N-dealkylation sites (tertiary alicyclic amines) is 1. The van der Waals surface area contributed by atoms with E-state index in [0.29, 0.717) is 13.1 Å². The molecule has 2 fully saturated rings. The third kappa shape index (κ3) is 3.67.